The van der Waals surface area contributed by atoms with Crippen molar-refractivity contribution >= 4 is 11.9 Å². The Balaban J connectivity index is 1.77. The number of fused-ring (bicyclic) bond motifs is 2. The Labute approximate surface area is 161 Å². The molecule has 2 saturated heterocycles. The highest BCUT2D eigenvalue weighted by Crippen LogP contribution is 2.39. The summed E-state index contributed by atoms with van der Waals surface area (Å²) in [6.45, 7) is 7.50. The number of benzene rings is 1. The van der Waals surface area contributed by atoms with Gasteiger partial charge in [-0.25, -0.2) is 4.79 Å². The van der Waals surface area contributed by atoms with Crippen molar-refractivity contribution in [3.05, 3.63) is 34.9 Å². The molecule has 0 aromatic heterocycles. The van der Waals surface area contributed by atoms with Gasteiger partial charge in [-0.05, 0) is 71.4 Å². The highest BCUT2D eigenvalue weighted by Gasteiger charge is 2.44. The van der Waals surface area contributed by atoms with Crippen LogP contribution >= 0.6 is 0 Å². The molecule has 0 saturated carbocycles. The number of Topliss-reactive ketones (excluding diaryl/α,β-unsaturated/α-hetero) is 1. The van der Waals surface area contributed by atoms with Crippen LogP contribution in [-0.4, -0.2) is 34.5 Å². The summed E-state index contributed by atoms with van der Waals surface area (Å²) in [6, 6.07) is 7.62. The second-order valence-corrected chi connectivity index (χ2v) is 8.80. The molecule has 27 heavy (non-hydrogen) atoms. The normalized spacial score (nSPS) is 24.9. The summed E-state index contributed by atoms with van der Waals surface area (Å²) in [6.07, 6.45) is 3.99. The molecule has 144 valence electrons. The molecule has 2 aliphatic rings. The third-order valence-electron chi connectivity index (χ3n) is 5.59. The number of nitrogens with zero attached hydrogens (tertiary/aromatic N) is 2. The number of aryl methyl sites for hydroxylation is 1. The molecule has 0 N–H and O–H groups in total. The second-order valence-electron chi connectivity index (χ2n) is 8.80. The Morgan fingerprint density at radius 2 is 1.81 bits per heavy atom. The smallest absolute Gasteiger partial charge is 0.410 e. The van der Waals surface area contributed by atoms with Gasteiger partial charge in [0.15, 0.2) is 5.78 Å². The van der Waals surface area contributed by atoms with E-state index in [2.05, 4.69) is 6.07 Å². The Bertz CT molecular complexity index is 774. The number of hydrogen-bond donors (Lipinski definition) is 0. The largest absolute Gasteiger partial charge is 0.444 e. The molecule has 0 aliphatic carbocycles. The lowest BCUT2D eigenvalue weighted by Gasteiger charge is -2.48. The van der Waals surface area contributed by atoms with Gasteiger partial charge < -0.3 is 9.64 Å². The van der Waals surface area contributed by atoms with Crippen molar-refractivity contribution in [3.63, 3.8) is 0 Å². The number of rotatable bonds is 2. The molecule has 2 aliphatic heterocycles. The minimum absolute atomic E-state index is 0.0576. The minimum atomic E-state index is -0.520. The first kappa shape index (κ1) is 19.4. The Morgan fingerprint density at radius 3 is 2.37 bits per heavy atom. The van der Waals surface area contributed by atoms with Gasteiger partial charge in [-0.3, -0.25) is 4.79 Å². The zero-order valence-corrected chi connectivity index (χ0v) is 16.6. The predicted molar refractivity (Wildman–Crippen MR) is 102 cm³/mol. The van der Waals surface area contributed by atoms with Crippen LogP contribution < -0.4 is 0 Å². The van der Waals surface area contributed by atoms with Crippen molar-refractivity contribution in [1.29, 1.82) is 5.26 Å². The van der Waals surface area contributed by atoms with Gasteiger partial charge in [-0.1, -0.05) is 12.1 Å². The number of amides is 1. The lowest BCUT2D eigenvalue weighted by atomic mass is 9.75. The molecule has 3 rings (SSSR count). The molecule has 1 amide bonds. The van der Waals surface area contributed by atoms with Crippen LogP contribution in [0.3, 0.4) is 0 Å². The summed E-state index contributed by atoms with van der Waals surface area (Å²) < 4.78 is 5.60. The van der Waals surface area contributed by atoms with Gasteiger partial charge in [0.1, 0.15) is 5.60 Å². The summed E-state index contributed by atoms with van der Waals surface area (Å²) >= 11 is 0. The number of nitriles is 1. The van der Waals surface area contributed by atoms with Gasteiger partial charge in [0.25, 0.3) is 0 Å². The molecule has 0 spiro atoms. The van der Waals surface area contributed by atoms with Gasteiger partial charge in [-0.15, -0.1) is 0 Å². The van der Waals surface area contributed by atoms with E-state index in [0.29, 0.717) is 24.0 Å². The number of carbonyl (C=O) groups is 2. The maximum Gasteiger partial charge on any atom is 0.410 e. The van der Waals surface area contributed by atoms with Crippen LogP contribution in [-0.2, 0) is 4.74 Å². The van der Waals surface area contributed by atoms with E-state index in [0.717, 1.165) is 24.8 Å². The van der Waals surface area contributed by atoms with E-state index >= 15 is 0 Å². The van der Waals surface area contributed by atoms with Crippen LogP contribution in [0.1, 0.15) is 74.4 Å². The fourth-order valence-corrected chi connectivity index (χ4v) is 4.34. The highest BCUT2D eigenvalue weighted by atomic mass is 16.6. The number of piperidine rings is 2. The highest BCUT2D eigenvalue weighted by molar-refractivity contribution is 5.98. The molecule has 0 radical (unpaired) electrons. The lowest BCUT2D eigenvalue weighted by Crippen LogP contribution is -2.56. The maximum absolute atomic E-state index is 13.1. The van der Waals surface area contributed by atoms with E-state index in [4.69, 9.17) is 4.74 Å². The van der Waals surface area contributed by atoms with E-state index in [1.807, 2.05) is 44.7 Å². The van der Waals surface area contributed by atoms with Gasteiger partial charge in [0.05, 0.1) is 11.6 Å². The summed E-state index contributed by atoms with van der Waals surface area (Å²) in [5, 5.41) is 9.24. The van der Waals surface area contributed by atoms with Gasteiger partial charge in [0, 0.05) is 23.6 Å². The fraction of sp³-hybridized carbons (Fsp3) is 0.591. The molecular formula is C22H28N2O3. The molecule has 2 bridgehead atoms. The van der Waals surface area contributed by atoms with Gasteiger partial charge in [-0.2, -0.15) is 5.26 Å². The lowest BCUT2D eigenvalue weighted by molar-refractivity contribution is -0.0260. The molecule has 2 unspecified atom stereocenters. The zero-order valence-electron chi connectivity index (χ0n) is 16.6. The predicted octanol–water partition coefficient (Wildman–Crippen LogP) is 4.62. The van der Waals surface area contributed by atoms with Crippen molar-refractivity contribution in [2.24, 2.45) is 5.92 Å². The Morgan fingerprint density at radius 1 is 1.19 bits per heavy atom. The second kappa shape index (κ2) is 7.34. The first-order valence-electron chi connectivity index (χ1n) is 9.76. The first-order valence-corrected chi connectivity index (χ1v) is 9.76. The molecule has 1 aromatic rings. The quantitative estimate of drug-likeness (QED) is 0.714. The van der Waals surface area contributed by atoms with Crippen LogP contribution in [0.15, 0.2) is 18.2 Å². The van der Waals surface area contributed by atoms with E-state index in [1.165, 1.54) is 0 Å². The van der Waals surface area contributed by atoms with Crippen LogP contribution in [0.4, 0.5) is 4.79 Å². The van der Waals surface area contributed by atoms with Gasteiger partial charge in [0.2, 0.25) is 0 Å². The van der Waals surface area contributed by atoms with Crippen molar-refractivity contribution in [2.75, 3.05) is 0 Å². The van der Waals surface area contributed by atoms with E-state index in [-0.39, 0.29) is 29.9 Å². The van der Waals surface area contributed by atoms with Crippen molar-refractivity contribution in [3.8, 4) is 6.07 Å². The molecule has 5 heteroatoms. The SMILES string of the molecule is Cc1ccc(C(=O)C2CC3CCCC(C2)N3C(=O)OC(C)(C)C)cc1C#N. The third kappa shape index (κ3) is 4.16. The van der Waals surface area contributed by atoms with E-state index in [1.54, 1.807) is 6.07 Å². The van der Waals surface area contributed by atoms with E-state index < -0.39 is 5.60 Å². The molecule has 2 fully saturated rings. The maximum atomic E-state index is 13.1. The van der Waals surface area contributed by atoms with Crippen LogP contribution in [0.2, 0.25) is 0 Å². The average molecular weight is 368 g/mol. The van der Waals surface area contributed by atoms with Crippen LogP contribution in [0.5, 0.6) is 0 Å². The third-order valence-corrected chi connectivity index (χ3v) is 5.59. The van der Waals surface area contributed by atoms with Crippen molar-refractivity contribution in [2.45, 2.75) is 77.5 Å². The van der Waals surface area contributed by atoms with Crippen molar-refractivity contribution < 1.29 is 14.3 Å². The molecule has 5 nitrogen and oxygen atoms in total. The molecule has 2 atom stereocenters. The molecule has 2 heterocycles. The first-order chi connectivity index (χ1) is 12.7. The minimum Gasteiger partial charge on any atom is -0.444 e. The number of hydrogen-bond acceptors (Lipinski definition) is 4. The van der Waals surface area contributed by atoms with Crippen LogP contribution in [0, 0.1) is 24.2 Å². The number of ether oxygens (including phenoxy) is 1. The Kier molecular flexibility index (Phi) is 5.28. The fourth-order valence-electron chi connectivity index (χ4n) is 4.34. The summed E-state index contributed by atoms with van der Waals surface area (Å²) in [5.74, 6) is -0.0134. The molecule has 1 aromatic carbocycles. The number of ketones is 1. The van der Waals surface area contributed by atoms with Gasteiger partial charge >= 0.3 is 6.09 Å². The van der Waals surface area contributed by atoms with Crippen LogP contribution in [0.25, 0.3) is 0 Å². The summed E-state index contributed by atoms with van der Waals surface area (Å²) in [5.41, 5.74) is 1.51. The number of carbonyl (C=O) groups excluding carboxylic acids is 2. The summed E-state index contributed by atoms with van der Waals surface area (Å²) in [4.78, 5) is 27.6. The topological polar surface area (TPSA) is 70.4 Å². The van der Waals surface area contributed by atoms with Crippen molar-refractivity contribution in [1.82, 2.24) is 4.90 Å². The standard InChI is InChI=1S/C22H28N2O3/c1-14-8-9-15(10-17(14)13-23)20(25)16-11-18-6-5-7-19(12-16)24(18)21(26)27-22(2,3)4/h8-10,16,18-19H,5-7,11-12H2,1-4H3. The van der Waals surface area contributed by atoms with E-state index in [9.17, 15) is 14.9 Å². The average Bonchev–Trinajstić information content (AvgIpc) is 2.59. The zero-order chi connectivity index (χ0) is 19.8. The molecular weight excluding hydrogens is 340 g/mol. The summed E-state index contributed by atoms with van der Waals surface area (Å²) in [7, 11) is 0. The Hall–Kier alpha value is -2.35. The monoisotopic (exact) mass is 368 g/mol.